The van der Waals surface area contributed by atoms with Crippen molar-refractivity contribution in [3.8, 4) is 0 Å². The standard InChI is InChI=1S/C10H11ClN4O2/c11-9-7-5-12-15(6-1-3-17-4-2-6)10(16)8(7)13-14-9/h5-6H,1-4H2,(H,13,14). The predicted molar refractivity (Wildman–Crippen MR) is 62.2 cm³/mol. The van der Waals surface area contributed by atoms with Crippen LogP contribution in [0.1, 0.15) is 18.9 Å². The zero-order valence-electron chi connectivity index (χ0n) is 9.02. The van der Waals surface area contributed by atoms with E-state index in [1.54, 1.807) is 6.20 Å². The number of nitrogens with one attached hydrogen (secondary N) is 1. The molecule has 2 aromatic heterocycles. The number of hydrogen-bond acceptors (Lipinski definition) is 4. The number of nitrogens with zero attached hydrogens (tertiary/aromatic N) is 3. The van der Waals surface area contributed by atoms with E-state index in [0.29, 0.717) is 29.3 Å². The van der Waals surface area contributed by atoms with Crippen LogP contribution in [-0.2, 0) is 4.74 Å². The van der Waals surface area contributed by atoms with Gasteiger partial charge < -0.3 is 4.74 Å². The highest BCUT2D eigenvalue weighted by Crippen LogP contribution is 2.20. The summed E-state index contributed by atoms with van der Waals surface area (Å²) in [6, 6.07) is 0.0936. The molecule has 0 aromatic carbocycles. The first kappa shape index (κ1) is 10.7. The van der Waals surface area contributed by atoms with E-state index in [1.165, 1.54) is 4.68 Å². The molecule has 0 saturated carbocycles. The minimum absolute atomic E-state index is 0.0936. The van der Waals surface area contributed by atoms with Crippen LogP contribution in [0.3, 0.4) is 0 Å². The van der Waals surface area contributed by atoms with Gasteiger partial charge in [-0.15, -0.1) is 0 Å². The topological polar surface area (TPSA) is 72.8 Å². The number of rotatable bonds is 1. The number of ether oxygens (including phenoxy) is 1. The maximum absolute atomic E-state index is 12.2. The van der Waals surface area contributed by atoms with Gasteiger partial charge in [-0.25, -0.2) is 4.68 Å². The monoisotopic (exact) mass is 254 g/mol. The fraction of sp³-hybridized carbons (Fsp3) is 0.500. The van der Waals surface area contributed by atoms with Crippen LogP contribution in [0.2, 0.25) is 5.15 Å². The van der Waals surface area contributed by atoms with E-state index in [9.17, 15) is 4.79 Å². The fourth-order valence-electron chi connectivity index (χ4n) is 2.08. The van der Waals surface area contributed by atoms with Gasteiger partial charge in [0.15, 0.2) is 5.52 Å². The van der Waals surface area contributed by atoms with Gasteiger partial charge >= 0.3 is 0 Å². The molecule has 7 heteroatoms. The average molecular weight is 255 g/mol. The van der Waals surface area contributed by atoms with Gasteiger partial charge in [-0.1, -0.05) is 11.6 Å². The van der Waals surface area contributed by atoms with E-state index in [-0.39, 0.29) is 11.6 Å². The molecule has 2 aromatic rings. The molecule has 6 nitrogen and oxygen atoms in total. The summed E-state index contributed by atoms with van der Waals surface area (Å²) >= 11 is 5.86. The van der Waals surface area contributed by atoms with E-state index < -0.39 is 0 Å². The molecule has 1 saturated heterocycles. The van der Waals surface area contributed by atoms with Crippen LogP contribution in [0.25, 0.3) is 10.9 Å². The highest BCUT2D eigenvalue weighted by Gasteiger charge is 2.20. The first-order valence-electron chi connectivity index (χ1n) is 5.46. The summed E-state index contributed by atoms with van der Waals surface area (Å²) in [7, 11) is 0. The lowest BCUT2D eigenvalue weighted by Gasteiger charge is -2.22. The van der Waals surface area contributed by atoms with Gasteiger partial charge in [-0.2, -0.15) is 10.2 Å². The molecule has 1 aliphatic rings. The Kier molecular flexibility index (Phi) is 2.60. The van der Waals surface area contributed by atoms with Crippen molar-refractivity contribution >= 4 is 22.5 Å². The lowest BCUT2D eigenvalue weighted by molar-refractivity contribution is 0.0650. The Balaban J connectivity index is 2.11. The van der Waals surface area contributed by atoms with E-state index in [0.717, 1.165) is 12.8 Å². The summed E-state index contributed by atoms with van der Waals surface area (Å²) in [4.78, 5) is 12.2. The van der Waals surface area contributed by atoms with Crippen molar-refractivity contribution in [2.75, 3.05) is 13.2 Å². The molecule has 0 unspecified atom stereocenters. The Morgan fingerprint density at radius 3 is 3.00 bits per heavy atom. The first-order chi connectivity index (χ1) is 8.27. The summed E-state index contributed by atoms with van der Waals surface area (Å²) < 4.78 is 6.75. The molecule has 0 atom stereocenters. The molecule has 0 radical (unpaired) electrons. The van der Waals surface area contributed by atoms with Crippen molar-refractivity contribution in [2.24, 2.45) is 0 Å². The zero-order valence-corrected chi connectivity index (χ0v) is 9.78. The number of aromatic nitrogens is 4. The van der Waals surface area contributed by atoms with E-state index in [1.807, 2.05) is 0 Å². The summed E-state index contributed by atoms with van der Waals surface area (Å²) in [6.07, 6.45) is 3.19. The minimum atomic E-state index is -0.197. The molecule has 1 N–H and O–H groups in total. The molecule has 17 heavy (non-hydrogen) atoms. The SMILES string of the molecule is O=c1c2n[nH]c(Cl)c2cnn1C1CCOCC1. The number of halogens is 1. The predicted octanol–water partition coefficient (Wildman–Crippen LogP) is 1.12. The summed E-state index contributed by atoms with van der Waals surface area (Å²) in [6.45, 7) is 1.33. The smallest absolute Gasteiger partial charge is 0.295 e. The number of aromatic amines is 1. The van der Waals surface area contributed by atoms with Gasteiger partial charge in [0.2, 0.25) is 0 Å². The molecule has 0 aliphatic carbocycles. The average Bonchev–Trinajstić information content (AvgIpc) is 2.74. The van der Waals surface area contributed by atoms with Crippen molar-refractivity contribution in [2.45, 2.75) is 18.9 Å². The normalized spacial score (nSPS) is 17.7. The largest absolute Gasteiger partial charge is 0.381 e. The Bertz CT molecular complexity index is 600. The zero-order chi connectivity index (χ0) is 11.8. The molecule has 3 heterocycles. The second kappa shape index (κ2) is 4.12. The highest BCUT2D eigenvalue weighted by molar-refractivity contribution is 6.34. The highest BCUT2D eigenvalue weighted by atomic mass is 35.5. The van der Waals surface area contributed by atoms with Crippen molar-refractivity contribution in [1.29, 1.82) is 0 Å². The van der Waals surface area contributed by atoms with Crippen LogP contribution >= 0.6 is 11.6 Å². The Hall–Kier alpha value is -1.40. The molecule has 3 rings (SSSR count). The van der Waals surface area contributed by atoms with Crippen LogP contribution in [-0.4, -0.2) is 33.2 Å². The van der Waals surface area contributed by atoms with Crippen LogP contribution in [0, 0.1) is 0 Å². The van der Waals surface area contributed by atoms with Crippen LogP contribution in [0.5, 0.6) is 0 Å². The lowest BCUT2D eigenvalue weighted by atomic mass is 10.1. The van der Waals surface area contributed by atoms with Crippen LogP contribution < -0.4 is 5.56 Å². The van der Waals surface area contributed by atoms with E-state index in [4.69, 9.17) is 16.3 Å². The number of fused-ring (bicyclic) bond motifs is 1. The van der Waals surface area contributed by atoms with Gasteiger partial charge in [0, 0.05) is 13.2 Å². The van der Waals surface area contributed by atoms with Gasteiger partial charge in [-0.3, -0.25) is 9.89 Å². The third kappa shape index (κ3) is 1.73. The van der Waals surface area contributed by atoms with Crippen LogP contribution in [0.4, 0.5) is 0 Å². The van der Waals surface area contributed by atoms with E-state index >= 15 is 0 Å². The summed E-state index contributed by atoms with van der Waals surface area (Å²) in [5.41, 5.74) is 0.147. The Morgan fingerprint density at radius 1 is 1.47 bits per heavy atom. The number of H-pyrrole nitrogens is 1. The molecule has 0 amide bonds. The molecular formula is C10H11ClN4O2. The van der Waals surface area contributed by atoms with Gasteiger partial charge in [0.05, 0.1) is 17.6 Å². The summed E-state index contributed by atoms with van der Waals surface area (Å²) in [5, 5.41) is 11.6. The number of hydrogen-bond donors (Lipinski definition) is 1. The molecular weight excluding hydrogens is 244 g/mol. The molecule has 0 bridgehead atoms. The maximum atomic E-state index is 12.2. The third-order valence-electron chi connectivity index (χ3n) is 3.02. The van der Waals surface area contributed by atoms with Gasteiger partial charge in [0.1, 0.15) is 5.15 Å². The first-order valence-corrected chi connectivity index (χ1v) is 5.84. The Labute approximate surface area is 102 Å². The van der Waals surface area contributed by atoms with Crippen molar-refractivity contribution in [3.05, 3.63) is 21.7 Å². The lowest BCUT2D eigenvalue weighted by Crippen LogP contribution is -2.31. The molecule has 1 fully saturated rings. The summed E-state index contributed by atoms with van der Waals surface area (Å²) in [5.74, 6) is 0. The van der Waals surface area contributed by atoms with E-state index in [2.05, 4.69) is 15.3 Å². The second-order valence-electron chi connectivity index (χ2n) is 4.04. The maximum Gasteiger partial charge on any atom is 0.295 e. The van der Waals surface area contributed by atoms with Crippen molar-refractivity contribution in [3.63, 3.8) is 0 Å². The van der Waals surface area contributed by atoms with Crippen LogP contribution in [0.15, 0.2) is 11.0 Å². The van der Waals surface area contributed by atoms with Gasteiger partial charge in [-0.05, 0) is 12.8 Å². The van der Waals surface area contributed by atoms with Crippen molar-refractivity contribution < 1.29 is 4.74 Å². The quantitative estimate of drug-likeness (QED) is 0.828. The second-order valence-corrected chi connectivity index (χ2v) is 4.42. The molecule has 1 aliphatic heterocycles. The fourth-order valence-corrected chi connectivity index (χ4v) is 2.26. The molecule has 90 valence electrons. The van der Waals surface area contributed by atoms with Crippen molar-refractivity contribution in [1.82, 2.24) is 20.0 Å². The van der Waals surface area contributed by atoms with Gasteiger partial charge in [0.25, 0.3) is 5.56 Å². The Morgan fingerprint density at radius 2 is 2.24 bits per heavy atom. The minimum Gasteiger partial charge on any atom is -0.381 e. The third-order valence-corrected chi connectivity index (χ3v) is 3.30. The molecule has 0 spiro atoms.